The number of imidazole rings is 1. The smallest absolute Gasteiger partial charge is 0.387 e. The van der Waals surface area contributed by atoms with Gasteiger partial charge in [0.05, 0.1) is 25.6 Å². The van der Waals surface area contributed by atoms with Gasteiger partial charge in [-0.05, 0) is 6.07 Å². The third-order valence-corrected chi connectivity index (χ3v) is 7.63. The summed E-state index contributed by atoms with van der Waals surface area (Å²) in [5, 5.41) is 21.1. The van der Waals surface area contributed by atoms with E-state index in [9.17, 15) is 24.5 Å². The van der Waals surface area contributed by atoms with Gasteiger partial charge >= 0.3 is 22.1 Å². The topological polar surface area (TPSA) is 295 Å². The first-order chi connectivity index (χ1) is 19.4. The molecule has 9 N–H and O–H groups in total. The normalized spacial score (nSPS) is 29.3. The number of rotatable bonds is 10. The van der Waals surface area contributed by atoms with Gasteiger partial charge in [-0.25, -0.2) is 24.3 Å². The van der Waals surface area contributed by atoms with Crippen LogP contribution < -0.4 is 17.2 Å². The van der Waals surface area contributed by atoms with Crippen LogP contribution in [0.4, 0.5) is 11.6 Å². The van der Waals surface area contributed by atoms with Crippen LogP contribution in [0, 0.1) is 0 Å². The molecule has 41 heavy (non-hydrogen) atoms. The molecule has 0 spiro atoms. The molecule has 5 heterocycles. The molecule has 0 radical (unpaired) electrons. The van der Waals surface area contributed by atoms with E-state index < -0.39 is 78.3 Å². The molecule has 2 saturated heterocycles. The average molecular weight is 620 g/mol. The lowest BCUT2D eigenvalue weighted by Gasteiger charge is -2.22. The van der Waals surface area contributed by atoms with E-state index in [1.807, 2.05) is 0 Å². The highest BCUT2D eigenvalue weighted by atomic mass is 31.2. The molecule has 0 aliphatic carbocycles. The van der Waals surface area contributed by atoms with Crippen molar-refractivity contribution in [2.45, 2.75) is 49.4 Å². The Morgan fingerprint density at radius 2 is 1.88 bits per heavy atom. The van der Waals surface area contributed by atoms with Gasteiger partial charge in [-0.2, -0.15) is 4.98 Å². The van der Waals surface area contributed by atoms with Crippen LogP contribution >= 0.6 is 16.4 Å². The van der Waals surface area contributed by atoms with Gasteiger partial charge in [0.2, 0.25) is 0 Å². The van der Waals surface area contributed by atoms with Crippen LogP contribution in [0.25, 0.3) is 11.2 Å². The molecule has 0 saturated carbocycles. The highest BCUT2D eigenvalue weighted by molar-refractivity contribution is 7.46. The summed E-state index contributed by atoms with van der Waals surface area (Å²) in [6.07, 6.45) is -4.49. The number of phosphoric ester groups is 1. The summed E-state index contributed by atoms with van der Waals surface area (Å²) in [6, 6.07) is 1.35. The zero-order valence-electron chi connectivity index (χ0n) is 20.8. The van der Waals surface area contributed by atoms with E-state index in [1.165, 1.54) is 29.5 Å². The number of aliphatic hydroxyl groups excluding tert-OH is 2. The van der Waals surface area contributed by atoms with Gasteiger partial charge in [0.25, 0.3) is 0 Å². The summed E-state index contributed by atoms with van der Waals surface area (Å²) in [7, 11) is -7.56. The van der Waals surface area contributed by atoms with Gasteiger partial charge in [0.15, 0.2) is 17.7 Å². The lowest BCUT2D eigenvalue weighted by molar-refractivity contribution is -0.0546. The summed E-state index contributed by atoms with van der Waals surface area (Å²) < 4.78 is 40.5. The zero-order chi connectivity index (χ0) is 29.5. The van der Waals surface area contributed by atoms with Gasteiger partial charge in [0, 0.05) is 12.6 Å². The van der Waals surface area contributed by atoms with Crippen molar-refractivity contribution in [1.82, 2.24) is 29.1 Å². The van der Waals surface area contributed by atoms with Crippen LogP contribution in [0.2, 0.25) is 0 Å². The molecule has 2 aliphatic heterocycles. The van der Waals surface area contributed by atoms with Gasteiger partial charge < -0.3 is 54.9 Å². The largest absolute Gasteiger partial charge is 0.469 e. The molecule has 3 aromatic heterocycles. The molecule has 2 fully saturated rings. The number of ether oxygens (including phenoxy) is 2. The van der Waals surface area contributed by atoms with Crippen molar-refractivity contribution in [1.29, 1.82) is 0 Å². The summed E-state index contributed by atoms with van der Waals surface area (Å²) in [5.74, 6) is 0.0953. The lowest BCUT2D eigenvalue weighted by Crippen LogP contribution is -2.33. The summed E-state index contributed by atoms with van der Waals surface area (Å²) in [4.78, 5) is 56.5. The first kappa shape index (κ1) is 29.8. The number of hydrogen-bond donors (Lipinski definition) is 7. The Hall–Kier alpha value is -2.71. The minimum atomic E-state index is -4.88. The molecular weight excluding hydrogens is 594 g/mol. The van der Waals surface area contributed by atoms with Crippen molar-refractivity contribution in [2.24, 2.45) is 0 Å². The molecule has 20 nitrogen and oxygen atoms in total. The van der Waals surface area contributed by atoms with E-state index in [0.29, 0.717) is 0 Å². The second-order valence-corrected chi connectivity index (χ2v) is 11.2. The van der Waals surface area contributed by atoms with E-state index in [1.54, 1.807) is 0 Å². The SMILES string of the molecule is Nc1ccn([C@H]2C[C@@H](OP(O)OCC3OC(n4cnc5c(N)ncnc54)C(O)C3O)C(COP(=O)(O)O)O2)c(=O)n1. The molecule has 8 atom stereocenters. The van der Waals surface area contributed by atoms with Crippen LogP contribution in [-0.2, 0) is 27.6 Å². The van der Waals surface area contributed by atoms with E-state index in [0.717, 1.165) is 4.57 Å². The maximum Gasteiger partial charge on any atom is 0.469 e. The number of nitrogen functional groups attached to an aromatic ring is 2. The lowest BCUT2D eigenvalue weighted by atomic mass is 10.1. The van der Waals surface area contributed by atoms with Crippen molar-refractivity contribution >= 4 is 39.2 Å². The Balaban J connectivity index is 1.22. The average Bonchev–Trinajstić information content (AvgIpc) is 3.58. The van der Waals surface area contributed by atoms with Crippen molar-refractivity contribution in [3.8, 4) is 0 Å². The predicted octanol–water partition coefficient (Wildman–Crippen LogP) is -2.12. The van der Waals surface area contributed by atoms with Gasteiger partial charge in [0.1, 0.15) is 48.3 Å². The fourth-order valence-electron chi connectivity index (χ4n) is 4.38. The second-order valence-electron chi connectivity index (χ2n) is 9.00. The van der Waals surface area contributed by atoms with Gasteiger partial charge in [-0.3, -0.25) is 13.7 Å². The molecule has 0 bridgehead atoms. The van der Waals surface area contributed by atoms with Crippen molar-refractivity contribution in [3.63, 3.8) is 0 Å². The highest BCUT2D eigenvalue weighted by Gasteiger charge is 2.45. The number of fused-ring (bicyclic) bond motifs is 1. The van der Waals surface area contributed by atoms with Crippen molar-refractivity contribution < 1.29 is 52.5 Å². The molecule has 0 amide bonds. The van der Waals surface area contributed by atoms with Crippen LogP contribution in [0.15, 0.2) is 29.7 Å². The number of phosphoric acid groups is 1. The van der Waals surface area contributed by atoms with Gasteiger partial charge in [-0.1, -0.05) is 0 Å². The van der Waals surface area contributed by atoms with Crippen molar-refractivity contribution in [3.05, 3.63) is 35.4 Å². The molecule has 0 aromatic carbocycles. The maximum atomic E-state index is 12.2. The summed E-state index contributed by atoms with van der Waals surface area (Å²) in [5.41, 5.74) is 11.1. The van der Waals surface area contributed by atoms with Gasteiger partial charge in [-0.15, -0.1) is 0 Å². The summed E-state index contributed by atoms with van der Waals surface area (Å²) in [6.45, 7) is -1.07. The number of nitrogens with two attached hydrogens (primary N) is 2. The Bertz CT molecular complexity index is 1490. The standard InChI is InChI=1S/C19H26N8O12P2/c20-11-1-2-26(19(30)25-11)12-3-8(9(37-12)5-36-41(32,33)34)39-40(31)35-4-10-14(28)15(29)18(38-10)27-7-24-13-16(21)22-6-23-17(13)27/h1-2,6-10,12,14-15,18,28-29,31H,3-5H2,(H2,20,25,30)(H2,21,22,23)(H2,32,33,34)/t8-,9?,10?,12-,14?,15?,18?,40?/m1/s1. The maximum absolute atomic E-state index is 12.2. The van der Waals surface area contributed by atoms with Crippen LogP contribution in [-0.4, -0.2) is 97.7 Å². The van der Waals surface area contributed by atoms with Crippen molar-refractivity contribution in [2.75, 3.05) is 24.7 Å². The Labute approximate surface area is 230 Å². The zero-order valence-corrected chi connectivity index (χ0v) is 22.6. The number of anilines is 2. The minimum Gasteiger partial charge on any atom is -0.387 e. The van der Waals surface area contributed by atoms with E-state index in [2.05, 4.69) is 24.5 Å². The fourth-order valence-corrected chi connectivity index (χ4v) is 5.51. The molecule has 5 rings (SSSR count). The molecule has 2 aliphatic rings. The Morgan fingerprint density at radius 3 is 2.61 bits per heavy atom. The molecule has 6 unspecified atom stereocenters. The fraction of sp³-hybridized carbons (Fsp3) is 0.526. The monoisotopic (exact) mass is 620 g/mol. The number of aliphatic hydroxyl groups is 2. The molecule has 22 heteroatoms. The molecule has 3 aromatic rings. The minimum absolute atomic E-state index is 0.0204. The third-order valence-electron chi connectivity index (χ3n) is 6.32. The Morgan fingerprint density at radius 1 is 1.10 bits per heavy atom. The first-order valence-corrected chi connectivity index (χ1v) is 14.5. The first-order valence-electron chi connectivity index (χ1n) is 11.8. The van der Waals surface area contributed by atoms with Crippen LogP contribution in [0.3, 0.4) is 0 Å². The number of nitrogens with zero attached hydrogens (tertiary/aromatic N) is 6. The predicted molar refractivity (Wildman–Crippen MR) is 135 cm³/mol. The number of aromatic nitrogens is 6. The van der Waals surface area contributed by atoms with E-state index in [-0.39, 0.29) is 29.2 Å². The van der Waals surface area contributed by atoms with E-state index in [4.69, 9.17) is 39.8 Å². The molecular formula is C19H26N8O12P2. The third kappa shape index (κ3) is 6.54. The second kappa shape index (κ2) is 11.9. The van der Waals surface area contributed by atoms with E-state index >= 15 is 0 Å². The van der Waals surface area contributed by atoms with Crippen LogP contribution in [0.5, 0.6) is 0 Å². The molecule has 224 valence electrons. The Kier molecular flexibility index (Phi) is 8.63. The number of hydrogen-bond acceptors (Lipinski definition) is 16. The highest BCUT2D eigenvalue weighted by Crippen LogP contribution is 2.44. The van der Waals surface area contributed by atoms with Crippen LogP contribution in [0.1, 0.15) is 18.9 Å². The summed E-state index contributed by atoms with van der Waals surface area (Å²) >= 11 is 0. The quantitative estimate of drug-likeness (QED) is 0.119.